The van der Waals surface area contributed by atoms with Crippen LogP contribution < -0.4 is 4.74 Å². The summed E-state index contributed by atoms with van der Waals surface area (Å²) in [5.74, 6) is -0.249. The van der Waals surface area contributed by atoms with Gasteiger partial charge in [-0.05, 0) is 30.0 Å². The third kappa shape index (κ3) is 2.85. The van der Waals surface area contributed by atoms with Crippen LogP contribution in [-0.4, -0.2) is 6.61 Å². The highest BCUT2D eigenvalue weighted by molar-refractivity contribution is 6.32. The Hall–Kier alpha value is -0.760. The van der Waals surface area contributed by atoms with E-state index in [4.69, 9.17) is 16.3 Å². The smallest absolute Gasteiger partial charge is 0.173 e. The average molecular weight is 231 g/mol. The molecule has 1 aromatic rings. The molecule has 0 saturated heterocycles. The topological polar surface area (TPSA) is 9.23 Å². The van der Waals surface area contributed by atoms with Crippen LogP contribution in [0.2, 0.25) is 5.02 Å². The van der Waals surface area contributed by atoms with Crippen LogP contribution in [0.25, 0.3) is 0 Å². The van der Waals surface area contributed by atoms with Gasteiger partial charge in [-0.1, -0.05) is 32.4 Å². The molecule has 0 aliphatic rings. The molecule has 0 aliphatic heterocycles. The lowest BCUT2D eigenvalue weighted by Gasteiger charge is -2.20. The zero-order chi connectivity index (χ0) is 11.6. The molecular formula is C12H16ClFO. The minimum absolute atomic E-state index is 0.116. The van der Waals surface area contributed by atoms with Gasteiger partial charge in [0.15, 0.2) is 11.6 Å². The summed E-state index contributed by atoms with van der Waals surface area (Å²) in [4.78, 5) is 0. The molecule has 0 fully saturated rings. The Kier molecular flexibility index (Phi) is 3.61. The van der Waals surface area contributed by atoms with E-state index in [1.165, 1.54) is 6.07 Å². The first kappa shape index (κ1) is 12.3. The molecule has 1 nitrogen and oxygen atoms in total. The lowest BCUT2D eigenvalue weighted by molar-refractivity contribution is 0.321. The molecule has 84 valence electrons. The van der Waals surface area contributed by atoms with Crippen molar-refractivity contribution in [2.24, 2.45) is 0 Å². The Morgan fingerprint density at radius 3 is 2.33 bits per heavy atom. The summed E-state index contributed by atoms with van der Waals surface area (Å²) in [5.41, 5.74) is 0.753. The number of rotatable bonds is 2. The second kappa shape index (κ2) is 4.40. The van der Waals surface area contributed by atoms with Crippen molar-refractivity contribution in [3.8, 4) is 5.75 Å². The Bertz CT molecular complexity index is 332. The van der Waals surface area contributed by atoms with Gasteiger partial charge in [0, 0.05) is 0 Å². The number of hydrogen-bond donors (Lipinski definition) is 0. The van der Waals surface area contributed by atoms with Crippen LogP contribution in [0.3, 0.4) is 0 Å². The molecule has 3 heteroatoms. The van der Waals surface area contributed by atoms with Crippen LogP contribution in [-0.2, 0) is 5.41 Å². The minimum atomic E-state index is -0.394. The Morgan fingerprint density at radius 1 is 1.33 bits per heavy atom. The van der Waals surface area contributed by atoms with Gasteiger partial charge in [0.05, 0.1) is 11.6 Å². The molecule has 0 atom stereocenters. The van der Waals surface area contributed by atoms with Crippen molar-refractivity contribution in [3.05, 3.63) is 28.5 Å². The third-order valence-corrected chi connectivity index (χ3v) is 2.43. The van der Waals surface area contributed by atoms with Crippen LogP contribution in [0.15, 0.2) is 12.1 Å². The summed E-state index contributed by atoms with van der Waals surface area (Å²) in [6.45, 7) is 8.24. The van der Waals surface area contributed by atoms with Gasteiger partial charge < -0.3 is 4.74 Å². The Labute approximate surface area is 95.2 Å². The fourth-order valence-corrected chi connectivity index (χ4v) is 1.54. The van der Waals surface area contributed by atoms with Crippen molar-refractivity contribution in [2.75, 3.05) is 6.61 Å². The van der Waals surface area contributed by atoms with Crippen molar-refractivity contribution < 1.29 is 9.13 Å². The first-order valence-corrected chi connectivity index (χ1v) is 5.36. The largest absolute Gasteiger partial charge is 0.489 e. The van der Waals surface area contributed by atoms with Crippen molar-refractivity contribution in [2.45, 2.75) is 33.1 Å². The third-order valence-electron chi connectivity index (χ3n) is 2.15. The molecule has 0 N–H and O–H groups in total. The molecule has 15 heavy (non-hydrogen) atoms. The van der Waals surface area contributed by atoms with E-state index in [9.17, 15) is 4.39 Å². The molecule has 0 amide bonds. The van der Waals surface area contributed by atoms with Gasteiger partial charge in [-0.2, -0.15) is 0 Å². The van der Waals surface area contributed by atoms with Gasteiger partial charge >= 0.3 is 0 Å². The highest BCUT2D eigenvalue weighted by Crippen LogP contribution is 2.33. The van der Waals surface area contributed by atoms with E-state index in [1.807, 2.05) is 20.8 Å². The van der Waals surface area contributed by atoms with Crippen molar-refractivity contribution in [3.63, 3.8) is 0 Å². The quantitative estimate of drug-likeness (QED) is 0.741. The molecule has 0 radical (unpaired) electrons. The van der Waals surface area contributed by atoms with E-state index < -0.39 is 5.82 Å². The highest BCUT2D eigenvalue weighted by atomic mass is 35.5. The van der Waals surface area contributed by atoms with Crippen LogP contribution >= 0.6 is 11.6 Å². The number of ether oxygens (including phenoxy) is 1. The van der Waals surface area contributed by atoms with Crippen LogP contribution in [0.4, 0.5) is 4.39 Å². The van der Waals surface area contributed by atoms with E-state index in [2.05, 4.69) is 0 Å². The van der Waals surface area contributed by atoms with Gasteiger partial charge in [-0.15, -0.1) is 0 Å². The maximum atomic E-state index is 13.6. The summed E-state index contributed by atoms with van der Waals surface area (Å²) in [7, 11) is 0. The Morgan fingerprint density at radius 2 is 1.93 bits per heavy atom. The van der Waals surface area contributed by atoms with E-state index in [1.54, 1.807) is 13.0 Å². The molecule has 1 aromatic carbocycles. The van der Waals surface area contributed by atoms with E-state index in [-0.39, 0.29) is 11.2 Å². The predicted molar refractivity (Wildman–Crippen MR) is 61.3 cm³/mol. The van der Waals surface area contributed by atoms with Crippen LogP contribution in [0.1, 0.15) is 33.3 Å². The van der Waals surface area contributed by atoms with Crippen LogP contribution in [0, 0.1) is 5.82 Å². The number of halogens is 2. The summed E-state index contributed by atoms with van der Waals surface area (Å²) >= 11 is 5.95. The molecule has 0 aliphatic carbocycles. The molecule has 0 heterocycles. The minimum Gasteiger partial charge on any atom is -0.489 e. The first-order chi connectivity index (χ1) is 6.86. The van der Waals surface area contributed by atoms with E-state index in [0.29, 0.717) is 11.6 Å². The molecule has 0 bridgehead atoms. The zero-order valence-corrected chi connectivity index (χ0v) is 10.3. The summed E-state index contributed by atoms with van der Waals surface area (Å²) < 4.78 is 18.7. The summed E-state index contributed by atoms with van der Waals surface area (Å²) in [6.07, 6.45) is 0. The van der Waals surface area contributed by atoms with Gasteiger partial charge in [0.25, 0.3) is 0 Å². The lowest BCUT2D eigenvalue weighted by Crippen LogP contribution is -2.12. The SMILES string of the molecule is CCOc1c(F)cc(C(C)(C)C)cc1Cl. The Balaban J connectivity index is 3.19. The highest BCUT2D eigenvalue weighted by Gasteiger charge is 2.18. The van der Waals surface area contributed by atoms with Crippen molar-refractivity contribution in [1.29, 1.82) is 0 Å². The number of hydrogen-bond acceptors (Lipinski definition) is 1. The van der Waals surface area contributed by atoms with Gasteiger partial charge in [0.1, 0.15) is 0 Å². The summed E-state index contributed by atoms with van der Waals surface area (Å²) in [5, 5.41) is 0.335. The van der Waals surface area contributed by atoms with E-state index >= 15 is 0 Å². The molecule has 0 aromatic heterocycles. The molecule has 0 spiro atoms. The second-order valence-corrected chi connectivity index (χ2v) is 4.86. The lowest BCUT2D eigenvalue weighted by atomic mass is 9.87. The maximum Gasteiger partial charge on any atom is 0.173 e. The molecular weight excluding hydrogens is 215 g/mol. The molecule has 0 saturated carbocycles. The molecule has 0 unspecified atom stereocenters. The van der Waals surface area contributed by atoms with Crippen LogP contribution in [0.5, 0.6) is 5.75 Å². The fourth-order valence-electron chi connectivity index (χ4n) is 1.28. The van der Waals surface area contributed by atoms with Gasteiger partial charge in [-0.25, -0.2) is 4.39 Å². The van der Waals surface area contributed by atoms with Crippen molar-refractivity contribution >= 4 is 11.6 Å². The summed E-state index contributed by atoms with van der Waals surface area (Å²) in [6, 6.07) is 3.24. The predicted octanol–water partition coefficient (Wildman–Crippen LogP) is 4.18. The average Bonchev–Trinajstić information content (AvgIpc) is 2.09. The zero-order valence-electron chi connectivity index (χ0n) is 9.53. The maximum absolute atomic E-state index is 13.6. The normalized spacial score (nSPS) is 11.6. The number of benzene rings is 1. The molecule has 1 rings (SSSR count). The second-order valence-electron chi connectivity index (χ2n) is 4.45. The van der Waals surface area contributed by atoms with Gasteiger partial charge in [-0.3, -0.25) is 0 Å². The van der Waals surface area contributed by atoms with Gasteiger partial charge in [0.2, 0.25) is 0 Å². The first-order valence-electron chi connectivity index (χ1n) is 4.98. The standard InChI is InChI=1S/C12H16ClFO/c1-5-15-11-9(13)6-8(7-10(11)14)12(2,3)4/h6-7H,5H2,1-4H3. The fraction of sp³-hybridized carbons (Fsp3) is 0.500. The van der Waals surface area contributed by atoms with E-state index in [0.717, 1.165) is 5.56 Å². The monoisotopic (exact) mass is 230 g/mol. The van der Waals surface area contributed by atoms with Crippen molar-refractivity contribution in [1.82, 2.24) is 0 Å².